The molecule has 1 atom stereocenters. The van der Waals surface area contributed by atoms with E-state index in [4.69, 9.17) is 11.6 Å². The number of allylic oxidation sites excluding steroid dienone is 7. The number of halogens is 1. The van der Waals surface area contributed by atoms with Crippen LogP contribution in [0, 0.1) is 13.8 Å². The van der Waals surface area contributed by atoms with Gasteiger partial charge in [-0.05, 0) is 135 Å². The van der Waals surface area contributed by atoms with Gasteiger partial charge in [-0.3, -0.25) is 9.11 Å². The molecule has 8 nitrogen and oxygen atoms in total. The number of hydrogen-bond donors (Lipinski definition) is 2. The van der Waals surface area contributed by atoms with Gasteiger partial charge < -0.3 is 9.80 Å². The van der Waals surface area contributed by atoms with Gasteiger partial charge in [0, 0.05) is 41.2 Å². The zero-order chi connectivity index (χ0) is 39.8. The second-order valence-corrected chi connectivity index (χ2v) is 18.0. The number of unbranched alkanes of at least 4 members (excludes halogenated alkanes) is 2. The second-order valence-electron chi connectivity index (χ2n) is 14.5. The lowest BCUT2D eigenvalue weighted by Crippen LogP contribution is -2.33. The molecule has 0 spiro atoms. The fourth-order valence-corrected chi connectivity index (χ4v) is 8.92. The molecule has 1 aliphatic carbocycles. The average Bonchev–Trinajstić information content (AvgIpc) is 3.14. The van der Waals surface area contributed by atoms with Crippen molar-refractivity contribution in [3.63, 3.8) is 0 Å². The third-order valence-electron chi connectivity index (χ3n) is 10.5. The monoisotopic (exact) mass is 804 g/mol. The lowest BCUT2D eigenvalue weighted by Gasteiger charge is -2.32. The summed E-state index contributed by atoms with van der Waals surface area (Å²) in [6.45, 7) is 9.61. The van der Waals surface area contributed by atoms with Crippen LogP contribution < -0.4 is 9.80 Å². The van der Waals surface area contributed by atoms with E-state index in [1.807, 2.05) is 24.3 Å². The lowest BCUT2D eigenvalue weighted by atomic mass is 9.93. The van der Waals surface area contributed by atoms with Crippen molar-refractivity contribution < 1.29 is 25.9 Å². The standard InChI is InChI=1S/C44H53ClN2O6S2/c1-32(46(28-9-11-30-54(48,49)50)42-26-24-36-14-5-7-18-40(36)34(42)3)20-22-38-16-13-17-39(44(38)45)23-21-33(2)47(29-10-12-31-55(51,52)53)43-27-25-37-15-6-8-19-41(37)35(43)4/h5-8,14-15,18-27,32H,9-13,16-17,28-31H2,1-4H3,(H,48,49,50)(H,51,52,53)/b22-20+,33-21+,39-23+. The van der Waals surface area contributed by atoms with Crippen LogP contribution in [0.4, 0.5) is 11.4 Å². The van der Waals surface area contributed by atoms with Gasteiger partial charge in [0.1, 0.15) is 0 Å². The number of benzene rings is 4. The summed E-state index contributed by atoms with van der Waals surface area (Å²) in [6.07, 6.45) is 13.0. The van der Waals surface area contributed by atoms with Gasteiger partial charge in [-0.1, -0.05) is 90.5 Å². The van der Waals surface area contributed by atoms with Crippen molar-refractivity contribution in [3.05, 3.63) is 130 Å². The minimum atomic E-state index is -4.03. The van der Waals surface area contributed by atoms with Gasteiger partial charge in [0.2, 0.25) is 0 Å². The van der Waals surface area contributed by atoms with Crippen LogP contribution >= 0.6 is 11.6 Å². The molecule has 4 aromatic carbocycles. The first kappa shape index (κ1) is 42.2. The van der Waals surface area contributed by atoms with Gasteiger partial charge >= 0.3 is 0 Å². The molecule has 0 bridgehead atoms. The second kappa shape index (κ2) is 18.8. The maximum atomic E-state index is 11.4. The highest BCUT2D eigenvalue weighted by Crippen LogP contribution is 2.36. The predicted molar refractivity (Wildman–Crippen MR) is 231 cm³/mol. The van der Waals surface area contributed by atoms with Crippen molar-refractivity contribution in [3.8, 4) is 0 Å². The Balaban J connectivity index is 1.40. The van der Waals surface area contributed by atoms with E-state index in [0.717, 1.165) is 79.8 Å². The Morgan fingerprint density at radius 3 is 1.91 bits per heavy atom. The van der Waals surface area contributed by atoms with Gasteiger partial charge in [0.25, 0.3) is 20.2 Å². The number of rotatable bonds is 17. The molecule has 1 unspecified atom stereocenters. The van der Waals surface area contributed by atoms with Gasteiger partial charge in [0.05, 0.1) is 11.5 Å². The van der Waals surface area contributed by atoms with E-state index in [1.54, 1.807) is 0 Å². The molecular weight excluding hydrogens is 752 g/mol. The topological polar surface area (TPSA) is 115 Å². The molecular formula is C44H53ClN2O6S2. The van der Waals surface area contributed by atoms with E-state index in [1.165, 1.54) is 5.39 Å². The van der Waals surface area contributed by atoms with Crippen molar-refractivity contribution in [1.29, 1.82) is 0 Å². The van der Waals surface area contributed by atoms with Gasteiger partial charge in [-0.15, -0.1) is 0 Å². The van der Waals surface area contributed by atoms with Gasteiger partial charge in [-0.25, -0.2) is 0 Å². The van der Waals surface area contributed by atoms with Crippen molar-refractivity contribution in [2.24, 2.45) is 0 Å². The summed E-state index contributed by atoms with van der Waals surface area (Å²) in [6, 6.07) is 25.0. The molecule has 2 N–H and O–H groups in total. The minimum Gasteiger partial charge on any atom is -0.365 e. The Labute approximate surface area is 332 Å². The molecule has 0 radical (unpaired) electrons. The summed E-state index contributed by atoms with van der Waals surface area (Å²) in [7, 11) is -8.05. The summed E-state index contributed by atoms with van der Waals surface area (Å²) in [5, 5.41) is 5.38. The number of nitrogens with zero attached hydrogens (tertiary/aromatic N) is 2. The Morgan fingerprint density at radius 1 is 0.764 bits per heavy atom. The van der Waals surface area contributed by atoms with E-state index < -0.39 is 20.2 Å². The van der Waals surface area contributed by atoms with Crippen molar-refractivity contribution in [1.82, 2.24) is 0 Å². The van der Waals surface area contributed by atoms with Crippen LogP contribution in [-0.2, 0) is 20.2 Å². The highest BCUT2D eigenvalue weighted by molar-refractivity contribution is 7.86. The first-order valence-electron chi connectivity index (χ1n) is 19.0. The van der Waals surface area contributed by atoms with Crippen molar-refractivity contribution in [2.75, 3.05) is 34.4 Å². The van der Waals surface area contributed by atoms with Crippen LogP contribution in [0.1, 0.15) is 69.9 Å². The Kier molecular flexibility index (Phi) is 14.4. The van der Waals surface area contributed by atoms with Crippen LogP contribution in [0.3, 0.4) is 0 Å². The van der Waals surface area contributed by atoms with E-state index >= 15 is 0 Å². The highest BCUT2D eigenvalue weighted by Gasteiger charge is 2.19. The first-order valence-corrected chi connectivity index (χ1v) is 22.6. The molecule has 5 rings (SSSR count). The molecule has 0 aromatic heterocycles. The maximum Gasteiger partial charge on any atom is 0.264 e. The molecule has 0 fully saturated rings. The smallest absolute Gasteiger partial charge is 0.264 e. The van der Waals surface area contributed by atoms with E-state index in [0.29, 0.717) is 38.8 Å². The number of aryl methyl sites for hydroxylation is 2. The first-order chi connectivity index (χ1) is 26.1. The normalized spacial score (nSPS) is 15.8. The third-order valence-corrected chi connectivity index (χ3v) is 12.6. The maximum absolute atomic E-state index is 11.4. The molecule has 0 heterocycles. The quantitative estimate of drug-likeness (QED) is 0.0801. The average molecular weight is 806 g/mol. The van der Waals surface area contributed by atoms with Crippen LogP contribution in [0.15, 0.2) is 119 Å². The van der Waals surface area contributed by atoms with E-state index in [2.05, 4.69) is 110 Å². The number of anilines is 2. The molecule has 0 saturated carbocycles. The molecule has 294 valence electrons. The fraction of sp³-hybridized carbons (Fsp3) is 0.364. The van der Waals surface area contributed by atoms with Gasteiger partial charge in [-0.2, -0.15) is 16.8 Å². The molecule has 0 aliphatic heterocycles. The Bertz CT molecular complexity index is 2350. The Hall–Kier alpha value is -3.93. The molecule has 1 aliphatic rings. The SMILES string of the molecule is C/C(=C\C=C1/CCCC(/C=C/C(C)N(CCCCS(=O)(=O)O)c2ccc3ccccc3c2C)=C1Cl)N(CCCCS(=O)(=O)O)c1ccc2ccccc2c1C. The zero-order valence-corrected chi connectivity index (χ0v) is 34.6. The van der Waals surface area contributed by atoms with Crippen LogP contribution in [0.5, 0.6) is 0 Å². The number of fused-ring (bicyclic) bond motifs is 2. The third kappa shape index (κ3) is 11.6. The van der Waals surface area contributed by atoms with Gasteiger partial charge in [0.15, 0.2) is 0 Å². The summed E-state index contributed by atoms with van der Waals surface area (Å²) in [5.74, 6) is -0.533. The largest absolute Gasteiger partial charge is 0.365 e. The van der Waals surface area contributed by atoms with Crippen LogP contribution in [0.25, 0.3) is 21.5 Å². The molecule has 55 heavy (non-hydrogen) atoms. The molecule has 0 amide bonds. The molecule has 0 saturated heterocycles. The Morgan fingerprint density at radius 2 is 1.31 bits per heavy atom. The zero-order valence-electron chi connectivity index (χ0n) is 32.2. The predicted octanol–water partition coefficient (Wildman–Crippen LogP) is 10.7. The van der Waals surface area contributed by atoms with E-state index in [9.17, 15) is 25.9 Å². The summed E-state index contributed by atoms with van der Waals surface area (Å²) < 4.78 is 64.2. The van der Waals surface area contributed by atoms with Crippen molar-refractivity contribution >= 4 is 64.8 Å². The minimum absolute atomic E-state index is 0.0290. The molecule has 11 heteroatoms. The summed E-state index contributed by atoms with van der Waals surface area (Å²) >= 11 is 7.12. The summed E-state index contributed by atoms with van der Waals surface area (Å²) in [4.78, 5) is 4.51. The highest BCUT2D eigenvalue weighted by atomic mass is 35.5. The number of hydrogen-bond acceptors (Lipinski definition) is 6. The van der Waals surface area contributed by atoms with E-state index in [-0.39, 0.29) is 17.5 Å². The molecule has 4 aromatic rings. The summed E-state index contributed by atoms with van der Waals surface area (Å²) in [5.41, 5.74) is 7.52. The lowest BCUT2D eigenvalue weighted by molar-refractivity contribution is 0.477. The van der Waals surface area contributed by atoms with Crippen LogP contribution in [0.2, 0.25) is 0 Å². The van der Waals surface area contributed by atoms with Crippen molar-refractivity contribution in [2.45, 2.75) is 78.7 Å². The van der Waals surface area contributed by atoms with Crippen LogP contribution in [-0.4, -0.2) is 56.6 Å². The fourth-order valence-electron chi connectivity index (χ4n) is 7.46.